The van der Waals surface area contributed by atoms with Crippen LogP contribution in [0.15, 0.2) is 18.2 Å². The fraction of sp³-hybridized carbons (Fsp3) is 0.632. The van der Waals surface area contributed by atoms with Gasteiger partial charge in [0.1, 0.15) is 13.2 Å². The molecule has 2 heterocycles. The molecule has 1 saturated heterocycles. The molecule has 1 amide bonds. The molecule has 1 aromatic carbocycles. The summed E-state index contributed by atoms with van der Waals surface area (Å²) < 4.78 is 11.3. The van der Waals surface area contributed by atoms with Crippen molar-refractivity contribution in [3.63, 3.8) is 0 Å². The van der Waals surface area contributed by atoms with Crippen LogP contribution >= 0.6 is 0 Å². The molecule has 3 atom stereocenters. The Balaban J connectivity index is 1.49. The van der Waals surface area contributed by atoms with Gasteiger partial charge in [0.2, 0.25) is 5.91 Å². The van der Waals surface area contributed by atoms with Gasteiger partial charge in [0.25, 0.3) is 0 Å². The number of nitrogens with two attached hydrogens (primary N) is 1. The van der Waals surface area contributed by atoms with Crippen molar-refractivity contribution in [1.29, 1.82) is 0 Å². The molecule has 0 spiro atoms. The van der Waals surface area contributed by atoms with Crippen molar-refractivity contribution < 1.29 is 14.3 Å². The highest BCUT2D eigenvalue weighted by molar-refractivity contribution is 5.77. The summed E-state index contributed by atoms with van der Waals surface area (Å²) in [6, 6.07) is 6.45. The van der Waals surface area contributed by atoms with Crippen LogP contribution in [0, 0.1) is 5.92 Å². The molecule has 1 unspecified atom stereocenters. The Labute approximate surface area is 143 Å². The number of hydrogen-bond acceptors (Lipinski definition) is 4. The predicted octanol–water partition coefficient (Wildman–Crippen LogP) is 2.64. The number of benzene rings is 1. The Bertz CT molecular complexity index is 619. The van der Waals surface area contributed by atoms with Crippen LogP contribution in [0.5, 0.6) is 11.5 Å². The molecule has 130 valence electrons. The lowest BCUT2D eigenvalue weighted by Crippen LogP contribution is -2.35. The summed E-state index contributed by atoms with van der Waals surface area (Å²) in [6.45, 7) is 2.03. The predicted molar refractivity (Wildman–Crippen MR) is 91.1 cm³/mol. The molecule has 1 aliphatic carbocycles. The number of carbonyl (C=O) groups is 1. The van der Waals surface area contributed by atoms with E-state index in [2.05, 4.69) is 11.0 Å². The third-order valence-electron chi connectivity index (χ3n) is 5.68. The monoisotopic (exact) mass is 330 g/mol. The number of carbonyl (C=O) groups excluding carboxylic acids is 1. The summed E-state index contributed by atoms with van der Waals surface area (Å²) in [5.41, 5.74) is 7.30. The molecule has 4 rings (SSSR count). The third-order valence-corrected chi connectivity index (χ3v) is 5.68. The van der Waals surface area contributed by atoms with Crippen LogP contribution in [0.2, 0.25) is 0 Å². The molecule has 2 aliphatic heterocycles. The summed E-state index contributed by atoms with van der Waals surface area (Å²) in [7, 11) is 0. The van der Waals surface area contributed by atoms with E-state index >= 15 is 0 Å². The van der Waals surface area contributed by atoms with Crippen molar-refractivity contribution in [2.75, 3.05) is 19.8 Å². The average molecular weight is 330 g/mol. The molecule has 5 heteroatoms. The molecule has 24 heavy (non-hydrogen) atoms. The van der Waals surface area contributed by atoms with Crippen LogP contribution in [-0.2, 0) is 4.79 Å². The highest BCUT2D eigenvalue weighted by Gasteiger charge is 2.34. The highest BCUT2D eigenvalue weighted by atomic mass is 16.6. The van der Waals surface area contributed by atoms with E-state index in [0.717, 1.165) is 55.7 Å². The molecule has 1 saturated carbocycles. The number of rotatable bonds is 3. The first-order valence-corrected chi connectivity index (χ1v) is 9.17. The molecule has 0 bridgehead atoms. The van der Waals surface area contributed by atoms with E-state index in [1.165, 1.54) is 0 Å². The van der Waals surface area contributed by atoms with E-state index in [1.807, 2.05) is 12.1 Å². The van der Waals surface area contributed by atoms with Gasteiger partial charge in [0.05, 0.1) is 6.04 Å². The van der Waals surface area contributed by atoms with Crippen LogP contribution in [0.4, 0.5) is 0 Å². The van der Waals surface area contributed by atoms with Crippen molar-refractivity contribution in [3.05, 3.63) is 23.8 Å². The van der Waals surface area contributed by atoms with Crippen LogP contribution in [0.3, 0.4) is 0 Å². The van der Waals surface area contributed by atoms with Gasteiger partial charge in [-0.2, -0.15) is 0 Å². The maximum Gasteiger partial charge on any atom is 0.223 e. The maximum absolute atomic E-state index is 12.8. The molecule has 2 N–H and O–H groups in total. The summed E-state index contributed by atoms with van der Waals surface area (Å²) in [4.78, 5) is 14.9. The summed E-state index contributed by atoms with van der Waals surface area (Å²) in [5.74, 6) is 2.22. The van der Waals surface area contributed by atoms with Crippen LogP contribution in [-0.4, -0.2) is 36.6 Å². The highest BCUT2D eigenvalue weighted by Crippen LogP contribution is 2.39. The van der Waals surface area contributed by atoms with E-state index in [0.29, 0.717) is 25.6 Å². The molecule has 3 aliphatic rings. The number of amides is 1. The second kappa shape index (κ2) is 6.63. The lowest BCUT2D eigenvalue weighted by Gasteiger charge is -2.28. The number of fused-ring (bicyclic) bond motifs is 1. The first-order chi connectivity index (χ1) is 11.7. The Morgan fingerprint density at radius 1 is 1.12 bits per heavy atom. The first kappa shape index (κ1) is 15.8. The average Bonchev–Trinajstić information content (AvgIpc) is 3.24. The topological polar surface area (TPSA) is 64.8 Å². The molecular weight excluding hydrogens is 304 g/mol. The molecular formula is C19H26N2O3. The molecule has 5 nitrogen and oxygen atoms in total. The third kappa shape index (κ3) is 2.97. The van der Waals surface area contributed by atoms with Crippen LogP contribution < -0.4 is 15.2 Å². The second-order valence-corrected chi connectivity index (χ2v) is 7.21. The van der Waals surface area contributed by atoms with Gasteiger partial charge in [-0.1, -0.05) is 12.5 Å². The number of hydrogen-bond donors (Lipinski definition) is 1. The molecule has 0 radical (unpaired) electrons. The molecule has 1 aromatic rings. The Hall–Kier alpha value is -1.75. The van der Waals surface area contributed by atoms with Gasteiger partial charge < -0.3 is 20.1 Å². The van der Waals surface area contributed by atoms with Crippen LogP contribution in [0.25, 0.3) is 0 Å². The SMILES string of the molecule is N[C@@H]1CCC[C@H]1CC(=O)N1CCCC1c1ccc2c(c1)OCCO2. The first-order valence-electron chi connectivity index (χ1n) is 9.17. The lowest BCUT2D eigenvalue weighted by atomic mass is 9.98. The van der Waals surface area contributed by atoms with Crippen molar-refractivity contribution in [3.8, 4) is 11.5 Å². The smallest absolute Gasteiger partial charge is 0.223 e. The Morgan fingerprint density at radius 2 is 1.96 bits per heavy atom. The zero-order valence-electron chi connectivity index (χ0n) is 14.1. The Kier molecular flexibility index (Phi) is 4.35. The lowest BCUT2D eigenvalue weighted by molar-refractivity contribution is -0.133. The quantitative estimate of drug-likeness (QED) is 0.925. The second-order valence-electron chi connectivity index (χ2n) is 7.21. The van der Waals surface area contributed by atoms with Gasteiger partial charge in [0, 0.05) is 19.0 Å². The standard InChI is InChI=1S/C19H26N2O3/c20-15-4-1-3-13(15)12-19(22)21-8-2-5-16(21)14-6-7-17-18(11-14)24-10-9-23-17/h6-7,11,13,15-16H,1-5,8-10,12,20H2/t13-,15+,16?/m0/s1. The Morgan fingerprint density at radius 3 is 2.75 bits per heavy atom. The van der Waals surface area contributed by atoms with Crippen molar-refractivity contribution in [1.82, 2.24) is 4.90 Å². The van der Waals surface area contributed by atoms with Gasteiger partial charge in [0.15, 0.2) is 11.5 Å². The zero-order valence-corrected chi connectivity index (χ0v) is 14.1. The zero-order chi connectivity index (χ0) is 16.5. The van der Waals surface area contributed by atoms with Crippen molar-refractivity contribution in [2.24, 2.45) is 11.7 Å². The van der Waals surface area contributed by atoms with E-state index < -0.39 is 0 Å². The normalized spacial score (nSPS) is 29.0. The van der Waals surface area contributed by atoms with Gasteiger partial charge in [-0.25, -0.2) is 0 Å². The van der Waals surface area contributed by atoms with Gasteiger partial charge in [-0.15, -0.1) is 0 Å². The van der Waals surface area contributed by atoms with Gasteiger partial charge in [-0.05, 0) is 49.3 Å². The van der Waals surface area contributed by atoms with E-state index in [1.54, 1.807) is 0 Å². The molecule has 2 fully saturated rings. The summed E-state index contributed by atoms with van der Waals surface area (Å²) >= 11 is 0. The summed E-state index contributed by atoms with van der Waals surface area (Å²) in [5, 5.41) is 0. The van der Waals surface area contributed by atoms with Crippen molar-refractivity contribution in [2.45, 2.75) is 50.6 Å². The number of likely N-dealkylation sites (tertiary alicyclic amines) is 1. The van der Waals surface area contributed by atoms with Gasteiger partial charge >= 0.3 is 0 Å². The number of nitrogens with zero attached hydrogens (tertiary/aromatic N) is 1. The maximum atomic E-state index is 12.8. The fourth-order valence-electron chi connectivity index (χ4n) is 4.34. The summed E-state index contributed by atoms with van der Waals surface area (Å²) in [6.07, 6.45) is 5.98. The minimum absolute atomic E-state index is 0.158. The minimum Gasteiger partial charge on any atom is -0.486 e. The fourth-order valence-corrected chi connectivity index (χ4v) is 4.34. The van der Waals surface area contributed by atoms with Crippen LogP contribution in [0.1, 0.15) is 50.1 Å². The number of ether oxygens (including phenoxy) is 2. The van der Waals surface area contributed by atoms with Gasteiger partial charge in [-0.3, -0.25) is 4.79 Å². The van der Waals surface area contributed by atoms with E-state index in [9.17, 15) is 4.79 Å². The minimum atomic E-state index is 0.158. The van der Waals surface area contributed by atoms with Crippen molar-refractivity contribution >= 4 is 5.91 Å². The largest absolute Gasteiger partial charge is 0.486 e. The van der Waals surface area contributed by atoms with E-state index in [-0.39, 0.29) is 18.0 Å². The van der Waals surface area contributed by atoms with E-state index in [4.69, 9.17) is 15.2 Å². The molecule has 0 aromatic heterocycles.